The van der Waals surface area contributed by atoms with E-state index in [4.69, 9.17) is 0 Å². The average Bonchev–Trinajstić information content (AvgIpc) is 3.06. The maximum Gasteiger partial charge on any atom is 0.159 e. The summed E-state index contributed by atoms with van der Waals surface area (Å²) >= 11 is 0. The molecule has 4 rings (SSSR count). The maximum absolute atomic E-state index is 4.68. The smallest absolute Gasteiger partial charge is 0.159 e. The molecule has 0 N–H and O–H groups in total. The van der Waals surface area contributed by atoms with Crippen LogP contribution in [0.25, 0.3) is 5.82 Å². The lowest BCUT2D eigenvalue weighted by Crippen LogP contribution is -2.47. The van der Waals surface area contributed by atoms with Gasteiger partial charge in [-0.1, -0.05) is 0 Å². The molecule has 4 heterocycles. The number of anilines is 3. The number of hydrogen-bond donors (Lipinski definition) is 0. The van der Waals surface area contributed by atoms with E-state index >= 15 is 0 Å². The zero-order chi connectivity index (χ0) is 20.5. The molecule has 0 aromatic carbocycles. The second-order valence-electron chi connectivity index (χ2n) is 7.57. The molecule has 0 amide bonds. The largest absolute Gasteiger partial charge is 0.363 e. The molecule has 1 fully saturated rings. The van der Waals surface area contributed by atoms with Gasteiger partial charge in [-0.25, -0.2) is 24.6 Å². The number of hydrogen-bond acceptors (Lipinski definition) is 8. The molecule has 0 aliphatic carbocycles. The van der Waals surface area contributed by atoms with Gasteiger partial charge in [0.2, 0.25) is 0 Å². The predicted octanol–water partition coefficient (Wildman–Crippen LogP) is 1.77. The Balaban J connectivity index is 1.52. The lowest BCUT2D eigenvalue weighted by molar-refractivity contribution is 0.638. The van der Waals surface area contributed by atoms with E-state index in [0.717, 1.165) is 66.7 Å². The number of piperazine rings is 1. The van der Waals surface area contributed by atoms with Gasteiger partial charge in [0.05, 0.1) is 5.69 Å². The van der Waals surface area contributed by atoms with Gasteiger partial charge in [-0.15, -0.1) is 0 Å². The highest BCUT2D eigenvalue weighted by atomic mass is 15.3. The molecule has 9 nitrogen and oxygen atoms in total. The van der Waals surface area contributed by atoms with Crippen LogP contribution in [0.1, 0.15) is 17.2 Å². The van der Waals surface area contributed by atoms with Crippen molar-refractivity contribution in [3.05, 3.63) is 41.7 Å². The van der Waals surface area contributed by atoms with Crippen LogP contribution in [0, 0.1) is 20.8 Å². The Bertz CT molecular complexity index is 1000. The summed E-state index contributed by atoms with van der Waals surface area (Å²) < 4.78 is 1.88. The van der Waals surface area contributed by atoms with Crippen LogP contribution < -0.4 is 14.7 Å². The van der Waals surface area contributed by atoms with Crippen molar-refractivity contribution >= 4 is 17.5 Å². The minimum atomic E-state index is 0.749. The van der Waals surface area contributed by atoms with Crippen molar-refractivity contribution in [2.75, 3.05) is 55.0 Å². The van der Waals surface area contributed by atoms with E-state index in [1.165, 1.54) is 0 Å². The summed E-state index contributed by atoms with van der Waals surface area (Å²) in [6.07, 6.45) is 1.63. The van der Waals surface area contributed by atoms with Crippen molar-refractivity contribution in [1.29, 1.82) is 0 Å². The van der Waals surface area contributed by atoms with Gasteiger partial charge in [0.25, 0.3) is 0 Å². The number of nitrogens with zero attached hydrogens (tertiary/aromatic N) is 9. The summed E-state index contributed by atoms with van der Waals surface area (Å²) in [5.74, 6) is 4.38. The van der Waals surface area contributed by atoms with Gasteiger partial charge >= 0.3 is 0 Å². The molecule has 1 aliphatic heterocycles. The molecule has 1 aliphatic rings. The number of aromatic nitrogens is 6. The van der Waals surface area contributed by atoms with Gasteiger partial charge in [0.15, 0.2) is 5.82 Å². The summed E-state index contributed by atoms with van der Waals surface area (Å²) in [4.78, 5) is 24.6. The highest BCUT2D eigenvalue weighted by molar-refractivity contribution is 5.52. The summed E-state index contributed by atoms with van der Waals surface area (Å²) in [6.45, 7) is 9.46. The van der Waals surface area contributed by atoms with Crippen LogP contribution in [0.15, 0.2) is 24.5 Å². The second kappa shape index (κ2) is 7.65. The molecule has 152 valence electrons. The summed E-state index contributed by atoms with van der Waals surface area (Å²) in [6, 6.07) is 6.11. The molecule has 0 bridgehead atoms. The zero-order valence-corrected chi connectivity index (χ0v) is 17.7. The van der Waals surface area contributed by atoms with Crippen LogP contribution in [0.2, 0.25) is 0 Å². The van der Waals surface area contributed by atoms with E-state index in [2.05, 4.69) is 40.9 Å². The quantitative estimate of drug-likeness (QED) is 0.664. The fourth-order valence-electron chi connectivity index (χ4n) is 3.59. The number of aryl methyl sites for hydroxylation is 3. The Kier molecular flexibility index (Phi) is 5.04. The molecule has 0 saturated carbocycles. The molecule has 3 aromatic rings. The van der Waals surface area contributed by atoms with Gasteiger partial charge in [-0.2, -0.15) is 5.10 Å². The Morgan fingerprint density at radius 1 is 0.793 bits per heavy atom. The van der Waals surface area contributed by atoms with Gasteiger partial charge in [-0.05, 0) is 26.8 Å². The van der Waals surface area contributed by atoms with Gasteiger partial charge < -0.3 is 14.7 Å². The minimum absolute atomic E-state index is 0.749. The second-order valence-corrected chi connectivity index (χ2v) is 7.57. The average molecular weight is 393 g/mol. The van der Waals surface area contributed by atoms with Crippen LogP contribution in [0.4, 0.5) is 17.5 Å². The molecule has 0 spiro atoms. The topological polar surface area (TPSA) is 79.1 Å². The lowest BCUT2D eigenvalue weighted by atomic mass is 10.3. The van der Waals surface area contributed by atoms with E-state index in [1.54, 1.807) is 6.33 Å². The molecule has 0 unspecified atom stereocenters. The van der Waals surface area contributed by atoms with Gasteiger partial charge in [-0.3, -0.25) is 0 Å². The maximum atomic E-state index is 4.68. The minimum Gasteiger partial charge on any atom is -0.363 e. The SMILES string of the molecule is Cc1cc(C)n(-c2cc(N3CCN(c4cc(N(C)C)ncn4)CC3)nc(C)n2)n1. The first-order valence-electron chi connectivity index (χ1n) is 9.79. The Labute approximate surface area is 171 Å². The Morgan fingerprint density at radius 2 is 1.45 bits per heavy atom. The summed E-state index contributed by atoms with van der Waals surface area (Å²) in [5.41, 5.74) is 2.05. The summed E-state index contributed by atoms with van der Waals surface area (Å²) in [5, 5.41) is 4.56. The van der Waals surface area contributed by atoms with E-state index < -0.39 is 0 Å². The first kappa shape index (κ1) is 19.1. The molecular formula is C20H27N9. The molecule has 3 aromatic heterocycles. The van der Waals surface area contributed by atoms with E-state index in [0.29, 0.717) is 0 Å². The highest BCUT2D eigenvalue weighted by Crippen LogP contribution is 2.22. The molecule has 1 saturated heterocycles. The predicted molar refractivity (Wildman–Crippen MR) is 114 cm³/mol. The zero-order valence-electron chi connectivity index (χ0n) is 17.7. The van der Waals surface area contributed by atoms with Gasteiger partial charge in [0, 0.05) is 58.1 Å². The highest BCUT2D eigenvalue weighted by Gasteiger charge is 2.21. The fraction of sp³-hybridized carbons (Fsp3) is 0.450. The molecular weight excluding hydrogens is 366 g/mol. The third-order valence-corrected chi connectivity index (χ3v) is 5.06. The van der Waals surface area contributed by atoms with Crippen molar-refractivity contribution in [3.63, 3.8) is 0 Å². The van der Waals surface area contributed by atoms with Crippen LogP contribution >= 0.6 is 0 Å². The Hall–Kier alpha value is -3.23. The monoisotopic (exact) mass is 393 g/mol. The van der Waals surface area contributed by atoms with Crippen molar-refractivity contribution in [3.8, 4) is 5.82 Å². The standard InChI is InChI=1S/C20H27N9/c1-14-10-15(2)29(25-14)20-12-19(23-16(3)24-20)28-8-6-27(7-9-28)18-11-17(26(4)5)21-13-22-18/h10-13H,6-9H2,1-5H3. The molecule has 9 heteroatoms. The van der Waals surface area contributed by atoms with E-state index in [1.807, 2.05) is 56.6 Å². The molecule has 0 atom stereocenters. The first-order valence-corrected chi connectivity index (χ1v) is 9.79. The van der Waals surface area contributed by atoms with Crippen LogP contribution in [-0.4, -0.2) is 70.0 Å². The Morgan fingerprint density at radius 3 is 2.07 bits per heavy atom. The van der Waals surface area contributed by atoms with Crippen molar-refractivity contribution in [2.24, 2.45) is 0 Å². The van der Waals surface area contributed by atoms with E-state index in [9.17, 15) is 0 Å². The normalized spacial score (nSPS) is 14.4. The van der Waals surface area contributed by atoms with E-state index in [-0.39, 0.29) is 0 Å². The van der Waals surface area contributed by atoms with Gasteiger partial charge in [0.1, 0.15) is 29.6 Å². The van der Waals surface area contributed by atoms with Crippen LogP contribution in [-0.2, 0) is 0 Å². The fourth-order valence-corrected chi connectivity index (χ4v) is 3.59. The first-order chi connectivity index (χ1) is 13.9. The van der Waals surface area contributed by atoms with Crippen molar-refractivity contribution < 1.29 is 0 Å². The third-order valence-electron chi connectivity index (χ3n) is 5.06. The molecule has 29 heavy (non-hydrogen) atoms. The van der Waals surface area contributed by atoms with Crippen molar-refractivity contribution in [2.45, 2.75) is 20.8 Å². The third kappa shape index (κ3) is 3.98. The van der Waals surface area contributed by atoms with Crippen LogP contribution in [0.5, 0.6) is 0 Å². The molecule has 0 radical (unpaired) electrons. The number of rotatable bonds is 4. The summed E-state index contributed by atoms with van der Waals surface area (Å²) in [7, 11) is 3.98. The van der Waals surface area contributed by atoms with Crippen molar-refractivity contribution in [1.82, 2.24) is 29.7 Å². The lowest BCUT2D eigenvalue weighted by Gasteiger charge is -2.36. The van der Waals surface area contributed by atoms with Crippen LogP contribution in [0.3, 0.4) is 0 Å².